The summed E-state index contributed by atoms with van der Waals surface area (Å²) >= 11 is 0. The number of amides is 1. The minimum Gasteiger partial charge on any atom is -0.497 e. The van der Waals surface area contributed by atoms with Crippen molar-refractivity contribution in [3.63, 3.8) is 0 Å². The summed E-state index contributed by atoms with van der Waals surface area (Å²) in [6.07, 6.45) is 0. The summed E-state index contributed by atoms with van der Waals surface area (Å²) in [6.45, 7) is 3.54. The summed E-state index contributed by atoms with van der Waals surface area (Å²) in [7, 11) is 1.60. The molecule has 0 radical (unpaired) electrons. The molecule has 0 aliphatic rings. The van der Waals surface area contributed by atoms with Crippen molar-refractivity contribution < 1.29 is 19.4 Å². The number of carbonyl (C=O) groups excluding carboxylic acids is 1. The molecule has 2 N–H and O–H groups in total. The molecule has 144 valence electrons. The van der Waals surface area contributed by atoms with E-state index in [1.807, 2.05) is 54.6 Å². The SMILES string of the molecule is COc1ccc(-c2c(C(=O)N[C@H](C(=O)O)C(C)C)ccc3ccccc23)cc1. The smallest absolute Gasteiger partial charge is 0.326 e. The van der Waals surface area contributed by atoms with Crippen molar-refractivity contribution in [3.8, 4) is 16.9 Å². The Labute approximate surface area is 164 Å². The molecule has 1 amide bonds. The van der Waals surface area contributed by atoms with Crippen molar-refractivity contribution in [2.75, 3.05) is 7.11 Å². The molecule has 5 nitrogen and oxygen atoms in total. The topological polar surface area (TPSA) is 75.6 Å². The van der Waals surface area contributed by atoms with Gasteiger partial charge in [0.15, 0.2) is 0 Å². The largest absolute Gasteiger partial charge is 0.497 e. The van der Waals surface area contributed by atoms with Crippen LogP contribution in [0.5, 0.6) is 5.75 Å². The summed E-state index contributed by atoms with van der Waals surface area (Å²) in [6, 6.07) is 18.0. The van der Waals surface area contributed by atoms with E-state index in [4.69, 9.17) is 4.74 Å². The monoisotopic (exact) mass is 377 g/mol. The molecule has 3 rings (SSSR count). The second-order valence-corrected chi connectivity index (χ2v) is 6.97. The molecule has 0 bridgehead atoms. The van der Waals surface area contributed by atoms with Crippen LogP contribution < -0.4 is 10.1 Å². The van der Waals surface area contributed by atoms with Gasteiger partial charge in [0.2, 0.25) is 0 Å². The number of carboxylic acid groups (broad SMARTS) is 1. The lowest BCUT2D eigenvalue weighted by Crippen LogP contribution is -2.44. The van der Waals surface area contributed by atoms with Gasteiger partial charge in [0.25, 0.3) is 5.91 Å². The molecule has 5 heteroatoms. The van der Waals surface area contributed by atoms with Gasteiger partial charge in [-0.2, -0.15) is 0 Å². The Balaban J connectivity index is 2.14. The Bertz CT molecular complexity index is 1010. The Kier molecular flexibility index (Phi) is 5.64. The number of nitrogens with one attached hydrogen (secondary N) is 1. The number of rotatable bonds is 6. The van der Waals surface area contributed by atoms with E-state index in [9.17, 15) is 14.7 Å². The molecule has 28 heavy (non-hydrogen) atoms. The van der Waals surface area contributed by atoms with E-state index in [1.165, 1.54) is 0 Å². The van der Waals surface area contributed by atoms with Crippen molar-refractivity contribution in [2.45, 2.75) is 19.9 Å². The first kappa shape index (κ1) is 19.4. The molecule has 0 fully saturated rings. The van der Waals surface area contributed by atoms with Gasteiger partial charge < -0.3 is 15.2 Å². The zero-order valence-corrected chi connectivity index (χ0v) is 16.1. The number of aliphatic carboxylic acids is 1. The van der Waals surface area contributed by atoms with Gasteiger partial charge in [-0.05, 0) is 40.5 Å². The fourth-order valence-electron chi connectivity index (χ4n) is 3.26. The number of hydrogen-bond donors (Lipinski definition) is 2. The fourth-order valence-corrected chi connectivity index (χ4v) is 3.26. The minimum atomic E-state index is -1.05. The lowest BCUT2D eigenvalue weighted by molar-refractivity contribution is -0.140. The van der Waals surface area contributed by atoms with Crippen LogP contribution in [0.4, 0.5) is 0 Å². The van der Waals surface area contributed by atoms with Crippen LogP contribution >= 0.6 is 0 Å². The van der Waals surface area contributed by atoms with Crippen LogP contribution in [-0.2, 0) is 4.79 Å². The van der Waals surface area contributed by atoms with Crippen LogP contribution in [0.25, 0.3) is 21.9 Å². The summed E-state index contributed by atoms with van der Waals surface area (Å²) in [5, 5.41) is 14.0. The zero-order chi connectivity index (χ0) is 20.3. The third-order valence-electron chi connectivity index (χ3n) is 4.77. The quantitative estimate of drug-likeness (QED) is 0.669. The zero-order valence-electron chi connectivity index (χ0n) is 16.1. The maximum absolute atomic E-state index is 13.0. The van der Waals surface area contributed by atoms with Gasteiger partial charge in [0.1, 0.15) is 11.8 Å². The highest BCUT2D eigenvalue weighted by atomic mass is 16.5. The summed E-state index contributed by atoms with van der Waals surface area (Å²) < 4.78 is 5.23. The molecule has 0 saturated carbocycles. The first-order chi connectivity index (χ1) is 13.4. The highest BCUT2D eigenvalue weighted by Gasteiger charge is 2.25. The molecule has 0 aliphatic carbocycles. The van der Waals surface area contributed by atoms with Crippen LogP contribution in [0.1, 0.15) is 24.2 Å². The fraction of sp³-hybridized carbons (Fsp3) is 0.217. The predicted molar refractivity (Wildman–Crippen MR) is 110 cm³/mol. The van der Waals surface area contributed by atoms with E-state index >= 15 is 0 Å². The predicted octanol–water partition coefficient (Wildman–Crippen LogP) is 4.35. The molecule has 0 spiro atoms. The summed E-state index contributed by atoms with van der Waals surface area (Å²) in [5.41, 5.74) is 2.07. The first-order valence-corrected chi connectivity index (χ1v) is 9.12. The van der Waals surface area contributed by atoms with E-state index < -0.39 is 17.9 Å². The highest BCUT2D eigenvalue weighted by molar-refractivity contribution is 6.10. The normalized spacial score (nSPS) is 12.0. The second kappa shape index (κ2) is 8.13. The van der Waals surface area contributed by atoms with Gasteiger partial charge in [-0.3, -0.25) is 4.79 Å². The molecule has 3 aromatic rings. The van der Waals surface area contributed by atoms with Crippen LogP contribution in [0, 0.1) is 5.92 Å². The van der Waals surface area contributed by atoms with Crippen molar-refractivity contribution in [1.29, 1.82) is 0 Å². The summed E-state index contributed by atoms with van der Waals surface area (Å²) in [4.78, 5) is 24.5. The number of fused-ring (bicyclic) bond motifs is 1. The van der Waals surface area contributed by atoms with E-state index in [0.29, 0.717) is 5.56 Å². The van der Waals surface area contributed by atoms with Gasteiger partial charge >= 0.3 is 5.97 Å². The standard InChI is InChI=1S/C23H23NO4/c1-14(2)21(23(26)27)24-22(25)19-13-10-15-6-4-5-7-18(15)20(19)16-8-11-17(28-3)12-9-16/h4-14,21H,1-3H3,(H,24,25)(H,26,27)/t21-/m0/s1. The number of carbonyl (C=O) groups is 2. The van der Waals surface area contributed by atoms with E-state index in [1.54, 1.807) is 27.0 Å². The number of ether oxygens (including phenoxy) is 1. The average Bonchev–Trinajstić information content (AvgIpc) is 2.70. The third-order valence-corrected chi connectivity index (χ3v) is 4.77. The van der Waals surface area contributed by atoms with E-state index in [0.717, 1.165) is 27.6 Å². The van der Waals surface area contributed by atoms with Crippen molar-refractivity contribution >= 4 is 22.6 Å². The van der Waals surface area contributed by atoms with Crippen molar-refractivity contribution in [2.24, 2.45) is 5.92 Å². The van der Waals surface area contributed by atoms with Crippen LogP contribution in [-0.4, -0.2) is 30.1 Å². The lowest BCUT2D eigenvalue weighted by atomic mass is 9.92. The van der Waals surface area contributed by atoms with Crippen molar-refractivity contribution in [3.05, 3.63) is 66.2 Å². The Morgan fingerprint density at radius 2 is 1.64 bits per heavy atom. The second-order valence-electron chi connectivity index (χ2n) is 6.97. The molecule has 0 unspecified atom stereocenters. The number of benzene rings is 3. The van der Waals surface area contributed by atoms with Crippen LogP contribution in [0.15, 0.2) is 60.7 Å². The Morgan fingerprint density at radius 1 is 0.964 bits per heavy atom. The third kappa shape index (κ3) is 3.83. The first-order valence-electron chi connectivity index (χ1n) is 9.12. The molecular formula is C23H23NO4. The molecule has 0 heterocycles. The van der Waals surface area contributed by atoms with Gasteiger partial charge in [-0.25, -0.2) is 4.79 Å². The minimum absolute atomic E-state index is 0.230. The Morgan fingerprint density at radius 3 is 2.25 bits per heavy atom. The lowest BCUT2D eigenvalue weighted by Gasteiger charge is -2.20. The molecule has 3 aromatic carbocycles. The maximum Gasteiger partial charge on any atom is 0.326 e. The van der Waals surface area contributed by atoms with Gasteiger partial charge in [-0.15, -0.1) is 0 Å². The molecule has 0 saturated heterocycles. The van der Waals surface area contributed by atoms with Crippen LogP contribution in [0.3, 0.4) is 0 Å². The number of carboxylic acids is 1. The molecule has 0 aromatic heterocycles. The Hall–Kier alpha value is -3.34. The highest BCUT2D eigenvalue weighted by Crippen LogP contribution is 2.33. The maximum atomic E-state index is 13.0. The number of hydrogen-bond acceptors (Lipinski definition) is 3. The molecular weight excluding hydrogens is 354 g/mol. The average molecular weight is 377 g/mol. The van der Waals surface area contributed by atoms with E-state index in [-0.39, 0.29) is 5.92 Å². The van der Waals surface area contributed by atoms with Crippen molar-refractivity contribution in [1.82, 2.24) is 5.32 Å². The van der Waals surface area contributed by atoms with Crippen LogP contribution in [0.2, 0.25) is 0 Å². The number of methoxy groups -OCH3 is 1. The molecule has 1 atom stereocenters. The molecule has 0 aliphatic heterocycles. The summed E-state index contributed by atoms with van der Waals surface area (Å²) in [5.74, 6) is -0.958. The van der Waals surface area contributed by atoms with Gasteiger partial charge in [0.05, 0.1) is 7.11 Å². The van der Waals surface area contributed by atoms with Gasteiger partial charge in [0, 0.05) is 11.1 Å². The van der Waals surface area contributed by atoms with Gasteiger partial charge in [-0.1, -0.05) is 56.3 Å². The van der Waals surface area contributed by atoms with E-state index in [2.05, 4.69) is 5.32 Å².